The predicted molar refractivity (Wildman–Crippen MR) is 50.3 cm³/mol. The standard InChI is InChI=1S/C10H14N2O/c13-10(12-9-3-4-9)6-5-8-2-1-7-11-8/h1-2,7,9,11H,3-6H2,(H,12,13). The third-order valence-corrected chi connectivity index (χ3v) is 2.23. The molecule has 2 N–H and O–H groups in total. The largest absolute Gasteiger partial charge is 0.365 e. The summed E-state index contributed by atoms with van der Waals surface area (Å²) in [7, 11) is 0. The third kappa shape index (κ3) is 2.61. The number of amides is 1. The molecule has 0 atom stereocenters. The van der Waals surface area contributed by atoms with E-state index in [1.54, 1.807) is 0 Å². The molecule has 2 rings (SSSR count). The number of nitrogens with one attached hydrogen (secondary N) is 2. The summed E-state index contributed by atoms with van der Waals surface area (Å²) >= 11 is 0. The highest BCUT2D eigenvalue weighted by atomic mass is 16.1. The van der Waals surface area contributed by atoms with E-state index in [-0.39, 0.29) is 5.91 Å². The number of hydrogen-bond acceptors (Lipinski definition) is 1. The number of aromatic nitrogens is 1. The van der Waals surface area contributed by atoms with Crippen molar-refractivity contribution in [1.82, 2.24) is 10.3 Å². The van der Waals surface area contributed by atoms with Crippen LogP contribution in [0.5, 0.6) is 0 Å². The van der Waals surface area contributed by atoms with Gasteiger partial charge in [0.25, 0.3) is 0 Å². The van der Waals surface area contributed by atoms with Crippen LogP contribution >= 0.6 is 0 Å². The van der Waals surface area contributed by atoms with Crippen molar-refractivity contribution in [2.45, 2.75) is 31.7 Å². The van der Waals surface area contributed by atoms with E-state index in [1.807, 2.05) is 18.3 Å². The first kappa shape index (κ1) is 8.35. The summed E-state index contributed by atoms with van der Waals surface area (Å²) < 4.78 is 0. The van der Waals surface area contributed by atoms with Crippen LogP contribution in [0, 0.1) is 0 Å². The Labute approximate surface area is 77.5 Å². The Balaban J connectivity index is 1.69. The van der Waals surface area contributed by atoms with Crippen LogP contribution in [-0.2, 0) is 11.2 Å². The van der Waals surface area contributed by atoms with Gasteiger partial charge in [-0.3, -0.25) is 4.79 Å². The molecule has 0 spiro atoms. The first-order valence-electron chi connectivity index (χ1n) is 4.76. The van der Waals surface area contributed by atoms with Crippen molar-refractivity contribution in [3.8, 4) is 0 Å². The zero-order valence-electron chi connectivity index (χ0n) is 7.55. The number of hydrogen-bond donors (Lipinski definition) is 2. The Kier molecular flexibility index (Phi) is 2.34. The van der Waals surface area contributed by atoms with E-state index in [1.165, 1.54) is 0 Å². The van der Waals surface area contributed by atoms with Gasteiger partial charge in [0.05, 0.1) is 0 Å². The van der Waals surface area contributed by atoms with Gasteiger partial charge in [0.1, 0.15) is 0 Å². The van der Waals surface area contributed by atoms with Crippen molar-refractivity contribution in [2.24, 2.45) is 0 Å². The molecule has 1 aliphatic rings. The van der Waals surface area contributed by atoms with Crippen LogP contribution in [0.15, 0.2) is 18.3 Å². The van der Waals surface area contributed by atoms with Gasteiger partial charge in [0, 0.05) is 24.4 Å². The Bertz CT molecular complexity index is 275. The molecule has 0 aliphatic heterocycles. The minimum Gasteiger partial charge on any atom is -0.365 e. The Morgan fingerprint density at radius 2 is 2.46 bits per heavy atom. The molecule has 1 heterocycles. The molecule has 0 aromatic carbocycles. The lowest BCUT2D eigenvalue weighted by molar-refractivity contribution is -0.121. The predicted octanol–water partition coefficient (Wildman–Crippen LogP) is 1.23. The quantitative estimate of drug-likeness (QED) is 0.715. The number of rotatable bonds is 4. The van der Waals surface area contributed by atoms with Gasteiger partial charge in [0.15, 0.2) is 0 Å². The van der Waals surface area contributed by atoms with Crippen molar-refractivity contribution < 1.29 is 4.79 Å². The third-order valence-electron chi connectivity index (χ3n) is 2.23. The second-order valence-electron chi connectivity index (χ2n) is 3.54. The molecule has 1 fully saturated rings. The van der Waals surface area contributed by atoms with Crippen LogP contribution in [0.2, 0.25) is 0 Å². The monoisotopic (exact) mass is 178 g/mol. The minimum absolute atomic E-state index is 0.178. The molecule has 0 bridgehead atoms. The van der Waals surface area contributed by atoms with Crippen LogP contribution in [0.3, 0.4) is 0 Å². The fourth-order valence-corrected chi connectivity index (χ4v) is 1.30. The van der Waals surface area contributed by atoms with Gasteiger partial charge in [-0.05, 0) is 31.4 Å². The van der Waals surface area contributed by atoms with Crippen LogP contribution in [0.1, 0.15) is 25.0 Å². The molecular formula is C10H14N2O. The number of H-pyrrole nitrogens is 1. The second-order valence-corrected chi connectivity index (χ2v) is 3.54. The first-order chi connectivity index (χ1) is 6.34. The van der Waals surface area contributed by atoms with Crippen LogP contribution < -0.4 is 5.32 Å². The maximum absolute atomic E-state index is 11.3. The first-order valence-corrected chi connectivity index (χ1v) is 4.76. The summed E-state index contributed by atoms with van der Waals surface area (Å²) in [6.45, 7) is 0. The van der Waals surface area contributed by atoms with Crippen LogP contribution in [-0.4, -0.2) is 16.9 Å². The van der Waals surface area contributed by atoms with Crippen LogP contribution in [0.25, 0.3) is 0 Å². The Morgan fingerprint density at radius 3 is 3.08 bits per heavy atom. The van der Waals surface area contributed by atoms with Gasteiger partial charge in [-0.2, -0.15) is 0 Å². The van der Waals surface area contributed by atoms with Gasteiger partial charge in [-0.1, -0.05) is 0 Å². The molecule has 0 radical (unpaired) electrons. The van der Waals surface area contributed by atoms with E-state index < -0.39 is 0 Å². The molecule has 3 nitrogen and oxygen atoms in total. The normalized spacial score (nSPS) is 15.7. The fourth-order valence-electron chi connectivity index (χ4n) is 1.30. The molecule has 1 aliphatic carbocycles. The zero-order chi connectivity index (χ0) is 9.10. The SMILES string of the molecule is O=C(CCc1ccc[nH]1)NC1CC1. The average Bonchev–Trinajstić information content (AvgIpc) is 2.78. The molecule has 1 aromatic heterocycles. The molecule has 70 valence electrons. The van der Waals surface area contributed by atoms with Crippen molar-refractivity contribution in [1.29, 1.82) is 0 Å². The molecular weight excluding hydrogens is 164 g/mol. The second kappa shape index (κ2) is 3.64. The van der Waals surface area contributed by atoms with Crippen molar-refractivity contribution in [2.75, 3.05) is 0 Å². The molecule has 1 saturated carbocycles. The molecule has 0 saturated heterocycles. The zero-order valence-corrected chi connectivity index (χ0v) is 7.55. The fraction of sp³-hybridized carbons (Fsp3) is 0.500. The number of carbonyl (C=O) groups excluding carboxylic acids is 1. The lowest BCUT2D eigenvalue weighted by Crippen LogP contribution is -2.25. The average molecular weight is 178 g/mol. The summed E-state index contributed by atoms with van der Waals surface area (Å²) in [4.78, 5) is 14.3. The highest BCUT2D eigenvalue weighted by molar-refractivity contribution is 5.76. The van der Waals surface area contributed by atoms with Gasteiger partial charge in [0.2, 0.25) is 5.91 Å². The number of carbonyl (C=O) groups is 1. The lowest BCUT2D eigenvalue weighted by Gasteiger charge is -2.01. The van der Waals surface area contributed by atoms with Gasteiger partial charge < -0.3 is 10.3 Å². The van der Waals surface area contributed by atoms with Gasteiger partial charge >= 0.3 is 0 Å². The summed E-state index contributed by atoms with van der Waals surface area (Å²) in [5.41, 5.74) is 1.13. The smallest absolute Gasteiger partial charge is 0.220 e. The number of aromatic amines is 1. The topological polar surface area (TPSA) is 44.9 Å². The maximum Gasteiger partial charge on any atom is 0.220 e. The van der Waals surface area contributed by atoms with Crippen molar-refractivity contribution >= 4 is 5.91 Å². The van der Waals surface area contributed by atoms with Gasteiger partial charge in [-0.25, -0.2) is 0 Å². The summed E-state index contributed by atoms with van der Waals surface area (Å²) in [6, 6.07) is 4.44. The Morgan fingerprint density at radius 1 is 1.62 bits per heavy atom. The van der Waals surface area contributed by atoms with E-state index in [0.717, 1.165) is 25.0 Å². The maximum atomic E-state index is 11.3. The summed E-state index contributed by atoms with van der Waals surface area (Å²) in [5.74, 6) is 0.178. The van der Waals surface area contributed by atoms with Crippen molar-refractivity contribution in [3.05, 3.63) is 24.0 Å². The van der Waals surface area contributed by atoms with E-state index in [9.17, 15) is 4.79 Å². The van der Waals surface area contributed by atoms with E-state index in [0.29, 0.717) is 12.5 Å². The summed E-state index contributed by atoms with van der Waals surface area (Å²) in [5, 5.41) is 2.96. The van der Waals surface area contributed by atoms with E-state index >= 15 is 0 Å². The molecule has 1 amide bonds. The lowest BCUT2D eigenvalue weighted by atomic mass is 10.2. The van der Waals surface area contributed by atoms with E-state index in [2.05, 4.69) is 10.3 Å². The minimum atomic E-state index is 0.178. The highest BCUT2D eigenvalue weighted by Gasteiger charge is 2.22. The van der Waals surface area contributed by atoms with Crippen molar-refractivity contribution in [3.63, 3.8) is 0 Å². The number of aryl methyl sites for hydroxylation is 1. The molecule has 3 heteroatoms. The highest BCUT2D eigenvalue weighted by Crippen LogP contribution is 2.18. The summed E-state index contributed by atoms with van der Waals surface area (Å²) in [6.07, 6.45) is 5.61. The van der Waals surface area contributed by atoms with Gasteiger partial charge in [-0.15, -0.1) is 0 Å². The molecule has 13 heavy (non-hydrogen) atoms. The molecule has 0 unspecified atom stereocenters. The molecule has 1 aromatic rings. The van der Waals surface area contributed by atoms with E-state index in [4.69, 9.17) is 0 Å². The Hall–Kier alpha value is -1.25. The van der Waals surface area contributed by atoms with Crippen LogP contribution in [0.4, 0.5) is 0 Å².